The molecule has 4 aromatic rings. The fraction of sp³-hybridized carbons (Fsp3) is 0.333. The minimum absolute atomic E-state index is 0.124. The third-order valence-electron chi connectivity index (χ3n) is 5.72. The number of nitrogens with one attached hydrogen (secondary N) is 1. The zero-order valence-corrected chi connectivity index (χ0v) is 21.0. The number of fused-ring (bicyclic) bond motifs is 1. The van der Waals surface area contributed by atoms with E-state index in [1.54, 1.807) is 6.07 Å². The van der Waals surface area contributed by atoms with Crippen molar-refractivity contribution in [3.63, 3.8) is 0 Å². The Morgan fingerprint density at radius 3 is 2.86 bits per heavy atom. The normalized spacial score (nSPS) is 16.6. The average Bonchev–Trinajstić information content (AvgIpc) is 3.33. The van der Waals surface area contributed by atoms with Crippen LogP contribution in [0, 0.1) is 11.6 Å². The molecule has 0 aliphatic carbocycles. The van der Waals surface area contributed by atoms with E-state index in [0.29, 0.717) is 24.6 Å². The molecule has 5 rings (SSSR count). The molecule has 13 heteroatoms. The molecule has 1 saturated heterocycles. The Kier molecular flexibility index (Phi) is 6.98. The quantitative estimate of drug-likeness (QED) is 0.371. The van der Waals surface area contributed by atoms with Crippen molar-refractivity contribution >= 4 is 37.8 Å². The van der Waals surface area contributed by atoms with E-state index < -0.39 is 21.4 Å². The van der Waals surface area contributed by atoms with Crippen molar-refractivity contribution in [2.45, 2.75) is 25.5 Å². The van der Waals surface area contributed by atoms with Crippen LogP contribution >= 0.6 is 0 Å². The lowest BCUT2D eigenvalue weighted by Gasteiger charge is -2.32. The van der Waals surface area contributed by atoms with Gasteiger partial charge in [0.15, 0.2) is 5.82 Å². The van der Waals surface area contributed by atoms with Gasteiger partial charge in [0.05, 0.1) is 28.8 Å². The van der Waals surface area contributed by atoms with Gasteiger partial charge in [-0.1, -0.05) is 5.16 Å². The number of anilines is 2. The molecule has 194 valence electrons. The van der Waals surface area contributed by atoms with E-state index >= 15 is 4.39 Å². The summed E-state index contributed by atoms with van der Waals surface area (Å²) in [6.07, 6.45) is 6.97. The molecule has 1 aliphatic rings. The minimum atomic E-state index is -2.48. The largest absolute Gasteiger partial charge is 0.487 e. The maximum absolute atomic E-state index is 15.1. The van der Waals surface area contributed by atoms with Crippen LogP contribution in [-0.2, 0) is 16.3 Å². The molecule has 1 N–H and O–H groups in total. The van der Waals surface area contributed by atoms with Crippen LogP contribution in [0.5, 0.6) is 5.75 Å². The van der Waals surface area contributed by atoms with E-state index in [1.165, 1.54) is 49.5 Å². The molecule has 0 bridgehead atoms. The van der Waals surface area contributed by atoms with E-state index in [4.69, 9.17) is 9.26 Å². The molecule has 0 spiro atoms. The smallest absolute Gasteiger partial charge is 0.213 e. The van der Waals surface area contributed by atoms with Gasteiger partial charge in [0.25, 0.3) is 0 Å². The molecule has 1 fully saturated rings. The molecule has 2 aromatic carbocycles. The van der Waals surface area contributed by atoms with Crippen molar-refractivity contribution in [3.05, 3.63) is 60.5 Å². The summed E-state index contributed by atoms with van der Waals surface area (Å²) in [4.78, 5) is 14.6. The first-order valence-corrected chi connectivity index (χ1v) is 13.9. The topological polar surface area (TPSA) is 119 Å². The van der Waals surface area contributed by atoms with Gasteiger partial charge in [-0.3, -0.25) is 4.90 Å². The van der Waals surface area contributed by atoms with Gasteiger partial charge in [-0.05, 0) is 37.6 Å². The predicted octanol–water partition coefficient (Wildman–Crippen LogP) is 4.44. The molecule has 2 aromatic heterocycles. The Balaban J connectivity index is 1.40. The van der Waals surface area contributed by atoms with Crippen LogP contribution < -0.4 is 10.1 Å². The number of hydrogen-bond donors (Lipinski definition) is 1. The fourth-order valence-corrected chi connectivity index (χ4v) is 4.86. The molecule has 10 nitrogen and oxygen atoms in total. The number of benzene rings is 2. The highest BCUT2D eigenvalue weighted by Crippen LogP contribution is 2.34. The SMILES string of the molecule is CS(C)(=O)=Nc1cc(F)c2c(Nc3ccc(F)cc3O[C@@H]3CCCN(Cc4ncon4)C3)ncnc2c1. The van der Waals surface area contributed by atoms with Crippen LogP contribution in [0.3, 0.4) is 0 Å². The van der Waals surface area contributed by atoms with E-state index in [0.717, 1.165) is 19.4 Å². The lowest BCUT2D eigenvalue weighted by molar-refractivity contribution is 0.0826. The van der Waals surface area contributed by atoms with Gasteiger partial charge < -0.3 is 14.6 Å². The van der Waals surface area contributed by atoms with Crippen LogP contribution in [0.2, 0.25) is 0 Å². The summed E-state index contributed by atoms with van der Waals surface area (Å²) >= 11 is 0. The first-order valence-electron chi connectivity index (χ1n) is 11.6. The molecule has 0 saturated carbocycles. The van der Waals surface area contributed by atoms with Crippen molar-refractivity contribution < 1.29 is 22.2 Å². The van der Waals surface area contributed by atoms with Gasteiger partial charge >= 0.3 is 0 Å². The second-order valence-electron chi connectivity index (χ2n) is 9.05. The van der Waals surface area contributed by atoms with Gasteiger partial charge in [0, 0.05) is 40.9 Å². The van der Waals surface area contributed by atoms with Gasteiger partial charge in [-0.15, -0.1) is 0 Å². The number of aromatic nitrogens is 4. The number of rotatable bonds is 7. The molecular formula is C24H25F2N7O3S. The van der Waals surface area contributed by atoms with E-state index in [-0.39, 0.29) is 34.3 Å². The molecule has 1 aliphatic heterocycles. The zero-order valence-electron chi connectivity index (χ0n) is 20.2. The highest BCUT2D eigenvalue weighted by Gasteiger charge is 2.24. The minimum Gasteiger partial charge on any atom is -0.487 e. The van der Waals surface area contributed by atoms with Gasteiger partial charge in [-0.2, -0.15) is 9.35 Å². The number of nitrogens with zero attached hydrogens (tertiary/aromatic N) is 6. The van der Waals surface area contributed by atoms with Crippen molar-refractivity contribution in [2.75, 3.05) is 30.9 Å². The van der Waals surface area contributed by atoms with Crippen LogP contribution in [0.25, 0.3) is 10.9 Å². The van der Waals surface area contributed by atoms with E-state index in [2.05, 4.69) is 34.7 Å². The Morgan fingerprint density at radius 1 is 1.22 bits per heavy atom. The van der Waals surface area contributed by atoms with Gasteiger partial charge in [-0.25, -0.2) is 23.0 Å². The third kappa shape index (κ3) is 6.17. The first-order chi connectivity index (χ1) is 17.7. The Hall–Kier alpha value is -3.71. The molecular weight excluding hydrogens is 504 g/mol. The second-order valence-corrected chi connectivity index (χ2v) is 11.6. The summed E-state index contributed by atoms with van der Waals surface area (Å²) in [7, 11) is -2.48. The zero-order chi connectivity index (χ0) is 26.0. The summed E-state index contributed by atoms with van der Waals surface area (Å²) in [5.41, 5.74) is 0.932. The highest BCUT2D eigenvalue weighted by atomic mass is 32.2. The number of ether oxygens (including phenoxy) is 1. The molecule has 37 heavy (non-hydrogen) atoms. The summed E-state index contributed by atoms with van der Waals surface area (Å²) in [6.45, 7) is 1.98. The monoisotopic (exact) mass is 529 g/mol. The lowest BCUT2D eigenvalue weighted by atomic mass is 10.1. The number of piperidine rings is 1. The maximum atomic E-state index is 15.1. The molecule has 0 amide bonds. The number of hydrogen-bond acceptors (Lipinski definition) is 10. The van der Waals surface area contributed by atoms with Crippen LogP contribution in [0.15, 0.2) is 51.9 Å². The van der Waals surface area contributed by atoms with Gasteiger partial charge in [0.1, 0.15) is 35.6 Å². The predicted molar refractivity (Wildman–Crippen MR) is 134 cm³/mol. The summed E-state index contributed by atoms with van der Waals surface area (Å²) < 4.78 is 56.5. The fourth-order valence-electron chi connectivity index (χ4n) is 4.25. The second kappa shape index (κ2) is 10.3. The van der Waals surface area contributed by atoms with E-state index in [9.17, 15) is 8.60 Å². The Labute approximate surface area is 212 Å². The van der Waals surface area contributed by atoms with Crippen LogP contribution in [-0.4, -0.2) is 60.9 Å². The standard InChI is InChI=1S/C24H25F2N7O3S/c1-37(2,34)32-16-9-18(26)23-20(10-16)27-13-28-24(23)30-19-6-5-15(25)8-21(19)36-17-4-3-7-33(11-17)12-22-29-14-35-31-22/h5-6,8-10,13-14,17H,3-4,7,11-12H2,1-2H3,(H,27,28,30)/t17-/m1/s1. The summed E-state index contributed by atoms with van der Waals surface area (Å²) in [5, 5.41) is 7.05. The van der Waals surface area contributed by atoms with Crippen molar-refractivity contribution in [1.82, 2.24) is 25.0 Å². The molecule has 0 radical (unpaired) electrons. The summed E-state index contributed by atoms with van der Waals surface area (Å²) in [5.74, 6) is -0.0455. The molecule has 1 atom stereocenters. The molecule has 0 unspecified atom stereocenters. The van der Waals surface area contributed by atoms with Gasteiger partial charge in [0.2, 0.25) is 6.39 Å². The van der Waals surface area contributed by atoms with Crippen molar-refractivity contribution in [2.24, 2.45) is 4.36 Å². The number of likely N-dealkylation sites (tertiary alicyclic amines) is 1. The summed E-state index contributed by atoms with van der Waals surface area (Å²) in [6, 6.07) is 6.82. The van der Waals surface area contributed by atoms with Crippen molar-refractivity contribution in [3.8, 4) is 5.75 Å². The number of halogens is 2. The molecule has 3 heterocycles. The van der Waals surface area contributed by atoms with E-state index in [1.807, 2.05) is 0 Å². The third-order valence-corrected chi connectivity index (χ3v) is 6.38. The Morgan fingerprint density at radius 2 is 2.08 bits per heavy atom. The van der Waals surface area contributed by atoms with Crippen LogP contribution in [0.4, 0.5) is 26.0 Å². The highest BCUT2D eigenvalue weighted by molar-refractivity contribution is 7.92. The van der Waals surface area contributed by atoms with Crippen molar-refractivity contribution in [1.29, 1.82) is 0 Å². The lowest BCUT2D eigenvalue weighted by Crippen LogP contribution is -2.40. The average molecular weight is 530 g/mol. The van der Waals surface area contributed by atoms with Crippen LogP contribution in [0.1, 0.15) is 18.7 Å². The maximum Gasteiger partial charge on any atom is 0.213 e. The first kappa shape index (κ1) is 25.0. The Bertz CT molecular complexity index is 1530.